The van der Waals surface area contributed by atoms with Crippen LogP contribution in [0.2, 0.25) is 0 Å². The molecule has 104 valence electrons. The van der Waals surface area contributed by atoms with E-state index in [1.54, 1.807) is 14.2 Å². The Bertz CT molecular complexity index is 563. The van der Waals surface area contributed by atoms with E-state index in [9.17, 15) is 5.11 Å². The summed E-state index contributed by atoms with van der Waals surface area (Å²) in [6.07, 6.45) is 4.00. The Morgan fingerprint density at radius 2 is 1.50 bits per heavy atom. The van der Waals surface area contributed by atoms with E-state index in [2.05, 4.69) is 0 Å². The predicted octanol–water partition coefficient (Wildman–Crippen LogP) is 3.37. The highest BCUT2D eigenvalue weighted by molar-refractivity contribution is 5.70. The second-order valence-electron chi connectivity index (χ2n) is 4.38. The number of hydrogen-bond donors (Lipinski definition) is 1. The van der Waals surface area contributed by atoms with Crippen molar-refractivity contribution in [2.24, 2.45) is 0 Å². The molecule has 0 aliphatic heterocycles. The third-order valence-electron chi connectivity index (χ3n) is 2.99. The average molecular weight is 270 g/mol. The molecule has 0 amide bonds. The van der Waals surface area contributed by atoms with Gasteiger partial charge in [-0.3, -0.25) is 0 Å². The lowest BCUT2D eigenvalue weighted by Gasteiger charge is -2.05. The smallest absolute Gasteiger partial charge is 0.119 e. The summed E-state index contributed by atoms with van der Waals surface area (Å²) in [6, 6.07) is 13.5. The molecule has 0 saturated carbocycles. The van der Waals surface area contributed by atoms with Crippen LogP contribution in [0.25, 0.3) is 12.2 Å². The molecule has 2 aromatic rings. The number of benzene rings is 2. The lowest BCUT2D eigenvalue weighted by atomic mass is 10.1. The molecule has 0 aliphatic rings. The van der Waals surface area contributed by atoms with Gasteiger partial charge in [0.15, 0.2) is 0 Å². The first-order valence-electron chi connectivity index (χ1n) is 6.36. The maximum absolute atomic E-state index is 9.23. The summed E-state index contributed by atoms with van der Waals surface area (Å²) in [4.78, 5) is 0. The van der Waals surface area contributed by atoms with Gasteiger partial charge in [-0.2, -0.15) is 0 Å². The molecular formula is C17H18O3. The fourth-order valence-electron chi connectivity index (χ4n) is 1.90. The maximum atomic E-state index is 9.23. The van der Waals surface area contributed by atoms with Crippen molar-refractivity contribution in [2.75, 3.05) is 14.2 Å². The van der Waals surface area contributed by atoms with Gasteiger partial charge in [-0.1, -0.05) is 24.3 Å². The summed E-state index contributed by atoms with van der Waals surface area (Å²) in [5, 5.41) is 9.23. The third kappa shape index (κ3) is 3.62. The van der Waals surface area contributed by atoms with Crippen molar-refractivity contribution in [2.45, 2.75) is 6.61 Å². The molecule has 0 fully saturated rings. The Morgan fingerprint density at radius 1 is 0.850 bits per heavy atom. The van der Waals surface area contributed by atoms with E-state index in [1.807, 2.05) is 54.6 Å². The molecule has 3 heteroatoms. The topological polar surface area (TPSA) is 38.7 Å². The van der Waals surface area contributed by atoms with E-state index in [1.165, 1.54) is 0 Å². The Hall–Kier alpha value is -2.26. The average Bonchev–Trinajstić information content (AvgIpc) is 2.53. The lowest BCUT2D eigenvalue weighted by Crippen LogP contribution is -1.89. The Kier molecular flexibility index (Phi) is 4.80. The van der Waals surface area contributed by atoms with Gasteiger partial charge in [-0.05, 0) is 47.0 Å². The molecule has 0 atom stereocenters. The van der Waals surface area contributed by atoms with Gasteiger partial charge in [0.2, 0.25) is 0 Å². The van der Waals surface area contributed by atoms with Gasteiger partial charge in [0, 0.05) is 0 Å². The van der Waals surface area contributed by atoms with Crippen LogP contribution in [0.3, 0.4) is 0 Å². The van der Waals surface area contributed by atoms with E-state index in [0.29, 0.717) is 0 Å². The summed E-state index contributed by atoms with van der Waals surface area (Å²) in [6.45, 7) is 0.000571. The molecule has 0 unspecified atom stereocenters. The predicted molar refractivity (Wildman–Crippen MR) is 80.8 cm³/mol. The summed E-state index contributed by atoms with van der Waals surface area (Å²) < 4.78 is 10.3. The molecular weight excluding hydrogens is 252 g/mol. The zero-order valence-corrected chi connectivity index (χ0v) is 11.7. The highest BCUT2D eigenvalue weighted by Crippen LogP contribution is 2.20. The van der Waals surface area contributed by atoms with E-state index in [-0.39, 0.29) is 6.61 Å². The molecule has 2 rings (SSSR count). The molecule has 0 radical (unpaired) electrons. The first kappa shape index (κ1) is 14.2. The minimum absolute atomic E-state index is 0.000571. The first-order chi connectivity index (χ1) is 9.75. The minimum Gasteiger partial charge on any atom is -0.497 e. The number of hydrogen-bond acceptors (Lipinski definition) is 3. The van der Waals surface area contributed by atoms with Crippen molar-refractivity contribution >= 4 is 12.2 Å². The summed E-state index contributed by atoms with van der Waals surface area (Å²) >= 11 is 0. The van der Waals surface area contributed by atoms with Crippen molar-refractivity contribution in [3.63, 3.8) is 0 Å². The van der Waals surface area contributed by atoms with Gasteiger partial charge in [0.1, 0.15) is 11.5 Å². The number of methoxy groups -OCH3 is 2. The van der Waals surface area contributed by atoms with Crippen molar-refractivity contribution in [3.05, 3.63) is 59.2 Å². The van der Waals surface area contributed by atoms with Crippen molar-refractivity contribution in [3.8, 4) is 11.5 Å². The van der Waals surface area contributed by atoms with Crippen LogP contribution in [0, 0.1) is 0 Å². The van der Waals surface area contributed by atoms with Crippen molar-refractivity contribution < 1.29 is 14.6 Å². The molecule has 2 aromatic carbocycles. The van der Waals surface area contributed by atoms with E-state index in [0.717, 1.165) is 28.2 Å². The van der Waals surface area contributed by atoms with Crippen LogP contribution in [-0.2, 0) is 6.61 Å². The standard InChI is InChI=1S/C17H18O3/c1-19-16-7-5-13(6-8-16)3-4-14-9-15(12-18)11-17(10-14)20-2/h3-11,18H,12H2,1-2H3. The van der Waals surface area contributed by atoms with Gasteiger partial charge in [0.05, 0.1) is 20.8 Å². The zero-order chi connectivity index (χ0) is 14.4. The normalized spacial score (nSPS) is 10.8. The van der Waals surface area contributed by atoms with Crippen molar-refractivity contribution in [1.82, 2.24) is 0 Å². The molecule has 0 heterocycles. The maximum Gasteiger partial charge on any atom is 0.119 e. The fraction of sp³-hybridized carbons (Fsp3) is 0.176. The van der Waals surface area contributed by atoms with E-state index < -0.39 is 0 Å². The Morgan fingerprint density at radius 3 is 2.10 bits per heavy atom. The second-order valence-corrected chi connectivity index (χ2v) is 4.38. The molecule has 20 heavy (non-hydrogen) atoms. The van der Waals surface area contributed by atoms with Crippen LogP contribution >= 0.6 is 0 Å². The molecule has 0 aromatic heterocycles. The van der Waals surface area contributed by atoms with Crippen LogP contribution in [-0.4, -0.2) is 19.3 Å². The second kappa shape index (κ2) is 6.78. The quantitative estimate of drug-likeness (QED) is 0.847. The fourth-order valence-corrected chi connectivity index (χ4v) is 1.90. The van der Waals surface area contributed by atoms with Crippen LogP contribution < -0.4 is 9.47 Å². The molecule has 0 saturated heterocycles. The van der Waals surface area contributed by atoms with Gasteiger partial charge in [0.25, 0.3) is 0 Å². The van der Waals surface area contributed by atoms with Crippen molar-refractivity contribution in [1.29, 1.82) is 0 Å². The number of aliphatic hydroxyl groups is 1. The minimum atomic E-state index is 0.000571. The summed E-state index contributed by atoms with van der Waals surface area (Å²) in [5.74, 6) is 1.58. The highest BCUT2D eigenvalue weighted by Gasteiger charge is 1.98. The third-order valence-corrected chi connectivity index (χ3v) is 2.99. The molecule has 3 nitrogen and oxygen atoms in total. The number of rotatable bonds is 5. The molecule has 0 bridgehead atoms. The van der Waals surface area contributed by atoms with Crippen LogP contribution in [0.5, 0.6) is 11.5 Å². The molecule has 0 spiro atoms. The molecule has 0 aliphatic carbocycles. The largest absolute Gasteiger partial charge is 0.497 e. The Labute approximate surface area is 119 Å². The monoisotopic (exact) mass is 270 g/mol. The van der Waals surface area contributed by atoms with E-state index in [4.69, 9.17) is 9.47 Å². The van der Waals surface area contributed by atoms with Crippen LogP contribution in [0.1, 0.15) is 16.7 Å². The van der Waals surface area contributed by atoms with Gasteiger partial charge in [-0.15, -0.1) is 0 Å². The summed E-state index contributed by atoms with van der Waals surface area (Å²) in [5.41, 5.74) is 2.90. The molecule has 1 N–H and O–H groups in total. The summed E-state index contributed by atoms with van der Waals surface area (Å²) in [7, 11) is 3.27. The zero-order valence-electron chi connectivity index (χ0n) is 11.7. The van der Waals surface area contributed by atoms with E-state index >= 15 is 0 Å². The SMILES string of the molecule is COc1ccc(C=Cc2cc(CO)cc(OC)c2)cc1. The lowest BCUT2D eigenvalue weighted by molar-refractivity contribution is 0.281. The Balaban J connectivity index is 2.21. The van der Waals surface area contributed by atoms with Crippen LogP contribution in [0.15, 0.2) is 42.5 Å². The first-order valence-corrected chi connectivity index (χ1v) is 6.36. The highest BCUT2D eigenvalue weighted by atomic mass is 16.5. The number of ether oxygens (including phenoxy) is 2. The van der Waals surface area contributed by atoms with Gasteiger partial charge < -0.3 is 14.6 Å². The van der Waals surface area contributed by atoms with Crippen LogP contribution in [0.4, 0.5) is 0 Å². The van der Waals surface area contributed by atoms with Gasteiger partial charge >= 0.3 is 0 Å². The number of aliphatic hydroxyl groups excluding tert-OH is 1. The van der Waals surface area contributed by atoms with Gasteiger partial charge in [-0.25, -0.2) is 0 Å².